The van der Waals surface area contributed by atoms with Gasteiger partial charge in [0.1, 0.15) is 0 Å². The Morgan fingerprint density at radius 2 is 2.00 bits per heavy atom. The van der Waals surface area contributed by atoms with Gasteiger partial charge in [-0.2, -0.15) is 0 Å². The second kappa shape index (κ2) is 6.36. The van der Waals surface area contributed by atoms with Crippen molar-refractivity contribution in [3.8, 4) is 0 Å². The van der Waals surface area contributed by atoms with Crippen molar-refractivity contribution in [3.63, 3.8) is 0 Å². The number of nitrogens with one attached hydrogen (secondary N) is 1. The number of sulfonamides is 1. The van der Waals surface area contributed by atoms with Crippen LogP contribution in [0.3, 0.4) is 0 Å². The van der Waals surface area contributed by atoms with Crippen LogP contribution < -0.4 is 10.5 Å². The molecule has 3 unspecified atom stereocenters. The van der Waals surface area contributed by atoms with Crippen molar-refractivity contribution in [1.29, 1.82) is 0 Å². The maximum atomic E-state index is 12.7. The van der Waals surface area contributed by atoms with E-state index in [9.17, 15) is 8.42 Å². The summed E-state index contributed by atoms with van der Waals surface area (Å²) in [6.45, 7) is 6.27. The van der Waals surface area contributed by atoms with Gasteiger partial charge >= 0.3 is 0 Å². The molecule has 0 aliphatic heterocycles. The van der Waals surface area contributed by atoms with Crippen molar-refractivity contribution in [2.45, 2.75) is 57.4 Å². The van der Waals surface area contributed by atoms with Crippen molar-refractivity contribution in [3.05, 3.63) is 23.8 Å². The normalized spacial score (nSPS) is 26.1. The zero-order chi connectivity index (χ0) is 15.6. The quantitative estimate of drug-likeness (QED) is 0.821. The van der Waals surface area contributed by atoms with Crippen LogP contribution in [0.2, 0.25) is 0 Å². The molecule has 2 rings (SSSR count). The van der Waals surface area contributed by atoms with E-state index in [0.29, 0.717) is 28.8 Å². The molecular weight excluding hydrogens is 284 g/mol. The molecule has 1 saturated carbocycles. The highest BCUT2D eigenvalue weighted by Gasteiger charge is 2.34. The van der Waals surface area contributed by atoms with Crippen LogP contribution in [0, 0.1) is 11.8 Å². The molecule has 21 heavy (non-hydrogen) atoms. The van der Waals surface area contributed by atoms with E-state index in [1.807, 2.05) is 6.92 Å². The van der Waals surface area contributed by atoms with Crippen molar-refractivity contribution in [2.75, 3.05) is 5.73 Å². The second-order valence-corrected chi connectivity index (χ2v) is 7.74. The van der Waals surface area contributed by atoms with Crippen LogP contribution >= 0.6 is 0 Å². The highest BCUT2D eigenvalue weighted by molar-refractivity contribution is 7.89. The third kappa shape index (κ3) is 3.40. The first-order valence-electron chi connectivity index (χ1n) is 7.79. The molecule has 0 amide bonds. The van der Waals surface area contributed by atoms with E-state index in [2.05, 4.69) is 18.6 Å². The number of rotatable bonds is 5. The van der Waals surface area contributed by atoms with Crippen molar-refractivity contribution < 1.29 is 8.42 Å². The molecule has 118 valence electrons. The fraction of sp³-hybridized carbons (Fsp3) is 0.625. The van der Waals surface area contributed by atoms with Gasteiger partial charge in [0.05, 0.1) is 4.90 Å². The summed E-state index contributed by atoms with van der Waals surface area (Å²) >= 11 is 0. The Labute approximate surface area is 128 Å². The lowest BCUT2D eigenvalue weighted by Crippen LogP contribution is -2.37. The molecule has 1 aromatic carbocycles. The Morgan fingerprint density at radius 1 is 1.29 bits per heavy atom. The largest absolute Gasteiger partial charge is 0.399 e. The minimum atomic E-state index is -3.50. The van der Waals surface area contributed by atoms with Gasteiger partial charge in [-0.15, -0.1) is 0 Å². The Hall–Kier alpha value is -1.07. The average molecular weight is 310 g/mol. The monoisotopic (exact) mass is 310 g/mol. The van der Waals surface area contributed by atoms with Crippen molar-refractivity contribution in [2.24, 2.45) is 11.8 Å². The summed E-state index contributed by atoms with van der Waals surface area (Å²) in [7, 11) is -3.50. The van der Waals surface area contributed by atoms with E-state index in [4.69, 9.17) is 5.73 Å². The zero-order valence-corrected chi connectivity index (χ0v) is 13.9. The van der Waals surface area contributed by atoms with Gasteiger partial charge in [-0.3, -0.25) is 0 Å². The van der Waals surface area contributed by atoms with E-state index in [-0.39, 0.29) is 6.04 Å². The summed E-state index contributed by atoms with van der Waals surface area (Å²) < 4.78 is 28.3. The molecule has 1 aliphatic rings. The lowest BCUT2D eigenvalue weighted by molar-refractivity contribution is 0.368. The number of nitrogens with two attached hydrogens (primary N) is 1. The fourth-order valence-electron chi connectivity index (χ4n) is 3.37. The summed E-state index contributed by atoms with van der Waals surface area (Å²) in [5.41, 5.74) is 7.06. The highest BCUT2D eigenvalue weighted by Crippen LogP contribution is 2.35. The third-order valence-electron chi connectivity index (χ3n) is 4.82. The van der Waals surface area contributed by atoms with Crippen molar-refractivity contribution in [1.82, 2.24) is 4.72 Å². The van der Waals surface area contributed by atoms with Gasteiger partial charge in [0, 0.05) is 11.7 Å². The van der Waals surface area contributed by atoms with E-state index in [1.165, 1.54) is 0 Å². The average Bonchev–Trinajstić information content (AvgIpc) is 2.79. The van der Waals surface area contributed by atoms with Gasteiger partial charge in [-0.05, 0) is 48.8 Å². The first kappa shape index (κ1) is 16.3. The van der Waals surface area contributed by atoms with Crippen LogP contribution in [0.15, 0.2) is 23.1 Å². The zero-order valence-electron chi connectivity index (χ0n) is 13.1. The van der Waals surface area contributed by atoms with Gasteiger partial charge in [0.25, 0.3) is 0 Å². The van der Waals surface area contributed by atoms with Gasteiger partial charge < -0.3 is 5.73 Å². The maximum absolute atomic E-state index is 12.7. The first-order valence-corrected chi connectivity index (χ1v) is 9.28. The summed E-state index contributed by atoms with van der Waals surface area (Å²) in [5, 5.41) is 0. The van der Waals surface area contributed by atoms with Crippen LogP contribution in [-0.2, 0) is 16.4 Å². The molecular formula is C16H26N2O2S. The van der Waals surface area contributed by atoms with Gasteiger partial charge in [-0.25, -0.2) is 13.1 Å². The number of hydrogen-bond acceptors (Lipinski definition) is 3. The highest BCUT2D eigenvalue weighted by atomic mass is 32.2. The summed E-state index contributed by atoms with van der Waals surface area (Å²) in [6, 6.07) is 5.16. The van der Waals surface area contributed by atoms with Crippen LogP contribution in [0.25, 0.3) is 0 Å². The molecule has 0 saturated heterocycles. The van der Waals surface area contributed by atoms with Gasteiger partial charge in [0.2, 0.25) is 10.0 Å². The number of nitrogen functional groups attached to an aromatic ring is 1. The van der Waals surface area contributed by atoms with Crippen molar-refractivity contribution >= 4 is 15.7 Å². The molecule has 3 N–H and O–H groups in total. The van der Waals surface area contributed by atoms with Crippen LogP contribution in [-0.4, -0.2) is 14.5 Å². The molecule has 0 radical (unpaired) electrons. The summed E-state index contributed by atoms with van der Waals surface area (Å²) in [5.74, 6) is 1.00. The first-order chi connectivity index (χ1) is 9.89. The lowest BCUT2D eigenvalue weighted by atomic mass is 9.94. The fourth-order valence-corrected chi connectivity index (χ4v) is 5.07. The Bertz CT molecular complexity index is 598. The molecule has 4 nitrogen and oxygen atoms in total. The molecule has 1 aliphatic carbocycles. The third-order valence-corrected chi connectivity index (χ3v) is 6.39. The maximum Gasteiger partial charge on any atom is 0.241 e. The standard InChI is InChI=1S/C16H26N2O2S/c1-4-12-7-9-15(11(12)3)18-21(19,20)16-10-14(17)8-6-13(16)5-2/h6,8,10-12,15,18H,4-5,7,9,17H2,1-3H3. The van der Waals surface area contributed by atoms with Gasteiger partial charge in [0.15, 0.2) is 0 Å². The Morgan fingerprint density at radius 3 is 2.57 bits per heavy atom. The number of benzene rings is 1. The summed E-state index contributed by atoms with van der Waals surface area (Å²) in [4.78, 5) is 0.331. The van der Waals surface area contributed by atoms with Crippen LogP contribution in [0.5, 0.6) is 0 Å². The molecule has 0 bridgehead atoms. The van der Waals surface area contributed by atoms with Crippen LogP contribution in [0.1, 0.15) is 45.6 Å². The van der Waals surface area contributed by atoms with E-state index in [1.54, 1.807) is 18.2 Å². The predicted molar refractivity (Wildman–Crippen MR) is 86.5 cm³/mol. The Balaban J connectivity index is 2.25. The molecule has 0 spiro atoms. The molecule has 1 fully saturated rings. The molecule has 0 heterocycles. The second-order valence-electron chi connectivity index (χ2n) is 6.05. The van der Waals surface area contributed by atoms with E-state index in [0.717, 1.165) is 24.8 Å². The van der Waals surface area contributed by atoms with Crippen LogP contribution in [0.4, 0.5) is 5.69 Å². The molecule has 3 atom stereocenters. The Kier molecular flexibility index (Phi) is 4.94. The number of aryl methyl sites for hydroxylation is 1. The minimum absolute atomic E-state index is 0.0334. The number of hydrogen-bond donors (Lipinski definition) is 2. The number of anilines is 1. The smallest absolute Gasteiger partial charge is 0.241 e. The molecule has 0 aromatic heterocycles. The van der Waals surface area contributed by atoms with E-state index < -0.39 is 10.0 Å². The summed E-state index contributed by atoms with van der Waals surface area (Å²) in [6.07, 6.45) is 3.80. The van der Waals surface area contributed by atoms with Gasteiger partial charge in [-0.1, -0.05) is 33.3 Å². The SMILES string of the molecule is CCc1ccc(N)cc1S(=O)(=O)NC1CCC(CC)C1C. The molecule has 5 heteroatoms. The minimum Gasteiger partial charge on any atom is -0.399 e. The predicted octanol–water partition coefficient (Wildman–Crippen LogP) is 2.93. The van der Waals surface area contributed by atoms with E-state index >= 15 is 0 Å². The molecule has 1 aromatic rings. The topological polar surface area (TPSA) is 72.2 Å². The lowest BCUT2D eigenvalue weighted by Gasteiger charge is -2.21.